The van der Waals surface area contributed by atoms with E-state index in [4.69, 9.17) is 17.4 Å². The molecule has 2 atom stereocenters. The number of hydrogen-bond donors (Lipinski definition) is 2. The maximum atomic E-state index is 6.52. The van der Waals surface area contributed by atoms with Gasteiger partial charge in [0, 0.05) is 27.4 Å². The molecular weight excluding hydrogens is 437 g/mol. The highest BCUT2D eigenvalue weighted by atomic mass is 28.4. The summed E-state index contributed by atoms with van der Waals surface area (Å²) in [6, 6.07) is 5.67. The predicted molar refractivity (Wildman–Crippen MR) is 132 cm³/mol. The summed E-state index contributed by atoms with van der Waals surface area (Å²) < 4.78 is 27.2. The van der Waals surface area contributed by atoms with Crippen molar-refractivity contribution >= 4 is 43.5 Å². The van der Waals surface area contributed by atoms with Crippen LogP contribution in [0.5, 0.6) is 0 Å². The summed E-state index contributed by atoms with van der Waals surface area (Å²) in [4.78, 5) is 3.92. The van der Waals surface area contributed by atoms with Gasteiger partial charge in [-0.2, -0.15) is 0 Å². The van der Waals surface area contributed by atoms with Crippen LogP contribution >= 0.6 is 0 Å². The van der Waals surface area contributed by atoms with E-state index >= 15 is 0 Å². The lowest BCUT2D eigenvalue weighted by atomic mass is 10.3. The van der Waals surface area contributed by atoms with Crippen LogP contribution < -0.4 is 9.63 Å². The van der Waals surface area contributed by atoms with Crippen molar-refractivity contribution in [2.45, 2.75) is 69.3 Å². The maximum Gasteiger partial charge on any atom is 0.499 e. The molecule has 2 N–H and O–H groups in total. The van der Waals surface area contributed by atoms with Gasteiger partial charge >= 0.3 is 8.80 Å². The number of hydrogen-bond acceptors (Lipinski definition) is 6. The first kappa shape index (κ1) is 26.6. The highest BCUT2D eigenvalue weighted by molar-refractivity contribution is 6.94. The van der Waals surface area contributed by atoms with Gasteiger partial charge in [-0.15, -0.1) is 6.58 Å². The Morgan fingerprint density at radius 3 is 2.29 bits per heavy atom. The normalized spacial score (nSPS) is 27.7. The van der Waals surface area contributed by atoms with Crippen molar-refractivity contribution < 1.29 is 17.4 Å². The highest BCUT2D eigenvalue weighted by Crippen LogP contribution is 2.24. The van der Waals surface area contributed by atoms with E-state index in [0.717, 1.165) is 18.6 Å². The second-order valence-corrected chi connectivity index (χ2v) is 26.6. The summed E-state index contributed by atoms with van der Waals surface area (Å²) in [7, 11) is -2.84. The topological polar surface area (TPSA) is 61.0 Å². The average Bonchev–Trinajstić information content (AvgIpc) is 2.66. The van der Waals surface area contributed by atoms with Crippen molar-refractivity contribution in [3.63, 3.8) is 0 Å². The molecule has 1 aliphatic rings. The summed E-state index contributed by atoms with van der Waals surface area (Å²) in [6.45, 7) is 14.9. The molecule has 28 heavy (non-hydrogen) atoms. The molecular formula is C17H44N2O4Si5. The van der Waals surface area contributed by atoms with E-state index in [1.54, 1.807) is 21.3 Å². The highest BCUT2D eigenvalue weighted by Gasteiger charge is 2.39. The molecule has 1 heterocycles. The molecule has 0 bridgehead atoms. The van der Waals surface area contributed by atoms with Crippen molar-refractivity contribution in [1.82, 2.24) is 9.63 Å². The van der Waals surface area contributed by atoms with E-state index in [-0.39, 0.29) is 0 Å². The van der Waals surface area contributed by atoms with Crippen LogP contribution in [0.4, 0.5) is 0 Å². The molecule has 0 aromatic carbocycles. The van der Waals surface area contributed by atoms with Gasteiger partial charge in [0.1, 0.15) is 18.0 Å². The minimum Gasteiger partial charge on any atom is -0.460 e. The smallest absolute Gasteiger partial charge is 0.460 e. The Labute approximate surface area is 179 Å². The van der Waals surface area contributed by atoms with Crippen LogP contribution in [0.3, 0.4) is 0 Å². The lowest BCUT2D eigenvalue weighted by molar-refractivity contribution is 0.125. The zero-order chi connectivity index (χ0) is 21.3. The zero-order valence-corrected chi connectivity index (χ0v) is 24.7. The predicted octanol–water partition coefficient (Wildman–Crippen LogP) is 2.93. The maximum absolute atomic E-state index is 6.52. The molecule has 0 saturated carbocycles. The quantitative estimate of drug-likeness (QED) is 0.331. The van der Waals surface area contributed by atoms with Gasteiger partial charge in [-0.05, 0) is 56.8 Å². The zero-order valence-electron chi connectivity index (χ0n) is 19.3. The standard InChI is InChI=1S/C17H44N2O4Si5/c1-9-26(7)14-11-10-12-18-27(8,19-26)17-16-25(5,6)23-24-13-15-28(20-2,21-3)22-4/h9,18-19H,1,10-17,24H2,2-8H3. The molecule has 0 radical (unpaired) electrons. The van der Waals surface area contributed by atoms with Gasteiger partial charge in [0.25, 0.3) is 0 Å². The molecule has 11 heteroatoms. The molecule has 0 spiro atoms. The molecule has 0 aliphatic carbocycles. The fourth-order valence-electron chi connectivity index (χ4n) is 3.84. The minimum atomic E-state index is -2.45. The van der Waals surface area contributed by atoms with E-state index in [0.29, 0.717) is 0 Å². The SMILES string of the molecule is C=C[Si]1(C)CCCCN[Si](C)(CC[Si](C)(C)O[SiH2]CC[Si](OC)(OC)OC)N1. The summed E-state index contributed by atoms with van der Waals surface area (Å²) in [5.74, 6) is 0. The van der Waals surface area contributed by atoms with E-state index in [9.17, 15) is 0 Å². The lowest BCUT2D eigenvalue weighted by Crippen LogP contribution is -2.69. The second-order valence-electron chi connectivity index (χ2n) is 8.97. The van der Waals surface area contributed by atoms with Gasteiger partial charge in [0.05, 0.1) is 0 Å². The lowest BCUT2D eigenvalue weighted by Gasteiger charge is -2.41. The molecule has 1 rings (SSSR count). The molecule has 1 saturated heterocycles. The van der Waals surface area contributed by atoms with Gasteiger partial charge in [-0.1, -0.05) is 18.7 Å². The van der Waals surface area contributed by atoms with Gasteiger partial charge in [-0.3, -0.25) is 0 Å². The second kappa shape index (κ2) is 11.8. The number of nitrogens with one attached hydrogen (secondary N) is 2. The molecule has 6 nitrogen and oxygen atoms in total. The monoisotopic (exact) mass is 480 g/mol. The van der Waals surface area contributed by atoms with Crippen LogP contribution in [0.15, 0.2) is 12.3 Å². The van der Waals surface area contributed by atoms with E-state index in [1.807, 2.05) is 0 Å². The Morgan fingerprint density at radius 1 is 1.07 bits per heavy atom. The van der Waals surface area contributed by atoms with Gasteiger partial charge in [0.2, 0.25) is 0 Å². The first-order chi connectivity index (χ1) is 13.1. The average molecular weight is 481 g/mol. The first-order valence-electron chi connectivity index (χ1n) is 10.5. The van der Waals surface area contributed by atoms with Crippen LogP contribution in [-0.2, 0) is 17.4 Å². The van der Waals surface area contributed by atoms with E-state index in [1.165, 1.54) is 31.0 Å². The van der Waals surface area contributed by atoms with Crippen molar-refractivity contribution in [2.24, 2.45) is 0 Å². The largest absolute Gasteiger partial charge is 0.499 e. The molecule has 1 fully saturated rings. The molecule has 166 valence electrons. The summed E-state index contributed by atoms with van der Waals surface area (Å²) in [5, 5.41) is 0. The third kappa shape index (κ3) is 8.75. The van der Waals surface area contributed by atoms with Crippen molar-refractivity contribution in [3.05, 3.63) is 12.3 Å². The van der Waals surface area contributed by atoms with Crippen LogP contribution in [0.2, 0.25) is 56.4 Å². The van der Waals surface area contributed by atoms with Gasteiger partial charge in [0.15, 0.2) is 16.7 Å². The fraction of sp³-hybridized carbons (Fsp3) is 0.882. The van der Waals surface area contributed by atoms with E-state index < -0.39 is 43.5 Å². The molecule has 0 aromatic heterocycles. The summed E-state index contributed by atoms with van der Waals surface area (Å²) in [5.41, 5.74) is 2.24. The van der Waals surface area contributed by atoms with Crippen LogP contribution in [0.1, 0.15) is 12.8 Å². The fourth-order valence-corrected chi connectivity index (χ4v) is 23.9. The summed E-state index contributed by atoms with van der Waals surface area (Å²) >= 11 is 0. The molecule has 0 aromatic rings. The third-order valence-corrected chi connectivity index (χ3v) is 25.1. The van der Waals surface area contributed by atoms with Crippen LogP contribution in [-0.4, -0.2) is 71.4 Å². The molecule has 1 aliphatic heterocycles. The number of rotatable bonds is 12. The molecule has 0 amide bonds. The van der Waals surface area contributed by atoms with Gasteiger partial charge < -0.3 is 27.0 Å². The minimum absolute atomic E-state index is 0.584. The first-order valence-corrected chi connectivity index (χ1v) is 22.7. The Kier molecular flexibility index (Phi) is 11.3. The Hall–Kier alpha value is 0.584. The summed E-state index contributed by atoms with van der Waals surface area (Å²) in [6.07, 6.45) is 2.60. The van der Waals surface area contributed by atoms with Crippen molar-refractivity contribution in [2.75, 3.05) is 27.9 Å². The van der Waals surface area contributed by atoms with Crippen molar-refractivity contribution in [1.29, 1.82) is 0 Å². The van der Waals surface area contributed by atoms with E-state index in [2.05, 4.69) is 48.1 Å². The Morgan fingerprint density at radius 2 is 1.71 bits per heavy atom. The van der Waals surface area contributed by atoms with Crippen LogP contribution in [0.25, 0.3) is 0 Å². The van der Waals surface area contributed by atoms with Crippen molar-refractivity contribution in [3.8, 4) is 0 Å². The Bertz CT molecular complexity index is 476. The Balaban J connectivity index is 2.53. The van der Waals surface area contributed by atoms with Crippen LogP contribution in [0, 0.1) is 0 Å². The third-order valence-electron chi connectivity index (χ3n) is 5.93. The van der Waals surface area contributed by atoms with Gasteiger partial charge in [-0.25, -0.2) is 0 Å². The molecule has 2 unspecified atom stereocenters.